The van der Waals surface area contributed by atoms with Crippen LogP contribution in [0.2, 0.25) is 0 Å². The van der Waals surface area contributed by atoms with Gasteiger partial charge in [-0.3, -0.25) is 4.94 Å². The van der Waals surface area contributed by atoms with Gasteiger partial charge in [0.25, 0.3) is 0 Å². The largest absolute Gasteiger partial charge is 0.260 e. The van der Waals surface area contributed by atoms with E-state index in [0.29, 0.717) is 0 Å². The van der Waals surface area contributed by atoms with Gasteiger partial charge in [-0.05, 0) is 27.7 Å². The van der Waals surface area contributed by atoms with Crippen molar-refractivity contribution in [3.8, 4) is 0 Å². The van der Waals surface area contributed by atoms with E-state index < -0.39 is 0 Å². The summed E-state index contributed by atoms with van der Waals surface area (Å²) in [5.41, 5.74) is 0. The second-order valence-electron chi connectivity index (χ2n) is 2.70. The monoisotopic (exact) mass is 146 g/mol. The first kappa shape index (κ1) is 9.36. The minimum absolute atomic E-state index is 0.178. The van der Waals surface area contributed by atoms with E-state index in [4.69, 9.17) is 0 Å². The van der Waals surface area contributed by atoms with Gasteiger partial charge in [0.2, 0.25) is 0 Å². The molecule has 0 amide bonds. The highest BCUT2D eigenvalue weighted by Crippen LogP contribution is 2.04. The Hall–Kier alpha value is -0.640. The summed E-state index contributed by atoms with van der Waals surface area (Å²) in [6.45, 7) is 7.74. The van der Waals surface area contributed by atoms with Gasteiger partial charge in [0.15, 0.2) is 5.34 Å². The van der Waals surface area contributed by atoms with Crippen LogP contribution >= 0.6 is 0 Å². The van der Waals surface area contributed by atoms with Crippen molar-refractivity contribution >= 4 is 0 Å². The normalized spacial score (nSPS) is 11.1. The molecule has 4 heteroatoms. The van der Waals surface area contributed by atoms with Crippen LogP contribution in [0.1, 0.15) is 27.7 Å². The minimum atomic E-state index is 0.178. The third-order valence-corrected chi connectivity index (χ3v) is 1.15. The Balaban J connectivity index is 3.84. The molecule has 10 heavy (non-hydrogen) atoms. The third kappa shape index (κ3) is 2.77. The Bertz CT molecular complexity index is 95.9. The second kappa shape index (κ2) is 4.22. The zero-order valence-electron chi connectivity index (χ0n) is 6.87. The summed E-state index contributed by atoms with van der Waals surface area (Å²) in [4.78, 5) is 14.2. The molecule has 0 aliphatic heterocycles. The van der Waals surface area contributed by atoms with E-state index in [-0.39, 0.29) is 12.1 Å². The van der Waals surface area contributed by atoms with Crippen molar-refractivity contribution < 1.29 is 4.94 Å². The average molecular weight is 146 g/mol. The summed E-state index contributed by atoms with van der Waals surface area (Å²) in [7, 11) is 0. The lowest BCUT2D eigenvalue weighted by molar-refractivity contribution is -0.201. The molecule has 0 saturated heterocycles. The maximum absolute atomic E-state index is 9.71. The maximum atomic E-state index is 9.71. The molecular weight excluding hydrogens is 132 g/mol. The minimum Gasteiger partial charge on any atom is -0.260 e. The summed E-state index contributed by atoms with van der Waals surface area (Å²) in [5, 5.41) is 3.89. The van der Waals surface area contributed by atoms with Crippen LogP contribution in [-0.4, -0.2) is 17.1 Å². The van der Waals surface area contributed by atoms with Crippen molar-refractivity contribution in [1.29, 1.82) is 0 Å². The lowest BCUT2D eigenvalue weighted by Gasteiger charge is -2.23. The molecule has 0 aromatic heterocycles. The van der Waals surface area contributed by atoms with Gasteiger partial charge in [-0.2, -0.15) is 0 Å². The first-order chi connectivity index (χ1) is 4.59. The van der Waals surface area contributed by atoms with Crippen molar-refractivity contribution in [2.75, 3.05) is 0 Å². The lowest BCUT2D eigenvalue weighted by atomic mass is 10.3. The molecule has 0 unspecified atom stereocenters. The van der Waals surface area contributed by atoms with Crippen LogP contribution < -0.4 is 0 Å². The van der Waals surface area contributed by atoms with Crippen molar-refractivity contribution in [3.63, 3.8) is 0 Å². The smallest absolute Gasteiger partial charge is 0.176 e. The van der Waals surface area contributed by atoms with Gasteiger partial charge in [0, 0.05) is 12.1 Å². The van der Waals surface area contributed by atoms with Crippen LogP contribution in [-0.2, 0) is 4.94 Å². The number of rotatable bonds is 4. The topological polar surface area (TPSA) is 41.9 Å². The van der Waals surface area contributed by atoms with Gasteiger partial charge >= 0.3 is 0 Å². The van der Waals surface area contributed by atoms with E-state index in [1.54, 1.807) is 0 Å². The molecule has 0 rings (SSSR count). The maximum Gasteiger partial charge on any atom is 0.176 e. The molecule has 4 nitrogen and oxygen atoms in total. The van der Waals surface area contributed by atoms with Gasteiger partial charge < -0.3 is 0 Å². The highest BCUT2D eigenvalue weighted by Gasteiger charge is 2.14. The predicted octanol–water partition coefficient (Wildman–Crippen LogP) is 1.72. The standard InChI is InChI=1S/C6H14N2O2/c1-5(2)8(6(3)4)10-7-9/h5-6H,1-4H3. The molecule has 0 aliphatic carbocycles. The molecule has 0 aliphatic rings. The zero-order chi connectivity index (χ0) is 8.15. The summed E-state index contributed by atoms with van der Waals surface area (Å²) >= 11 is 0. The SMILES string of the molecule is CC(C)N(ON=O)C(C)C. The van der Waals surface area contributed by atoms with Gasteiger partial charge in [0.1, 0.15) is 0 Å². The summed E-state index contributed by atoms with van der Waals surface area (Å²) in [6, 6.07) is 0.357. The molecule has 0 atom stereocenters. The number of hydrogen-bond donors (Lipinski definition) is 0. The molecule has 0 radical (unpaired) electrons. The van der Waals surface area contributed by atoms with Crippen LogP contribution in [0.25, 0.3) is 0 Å². The fraction of sp³-hybridized carbons (Fsp3) is 1.00. The van der Waals surface area contributed by atoms with Crippen LogP contribution in [0, 0.1) is 4.91 Å². The summed E-state index contributed by atoms with van der Waals surface area (Å²) in [6.07, 6.45) is 0. The fourth-order valence-corrected chi connectivity index (χ4v) is 0.823. The second-order valence-corrected chi connectivity index (χ2v) is 2.70. The molecule has 0 N–H and O–H groups in total. The van der Waals surface area contributed by atoms with Gasteiger partial charge in [-0.1, -0.05) is 0 Å². The average Bonchev–Trinajstić information content (AvgIpc) is 1.81. The van der Waals surface area contributed by atoms with Gasteiger partial charge in [0.05, 0.1) is 0 Å². The molecule has 0 aromatic rings. The molecule has 0 bridgehead atoms. The molecule has 60 valence electrons. The molecular formula is C6H14N2O2. The third-order valence-electron chi connectivity index (χ3n) is 1.15. The van der Waals surface area contributed by atoms with E-state index in [0.717, 1.165) is 0 Å². The summed E-state index contributed by atoms with van der Waals surface area (Å²) in [5.74, 6) is 0. The number of nitrogens with zero attached hydrogens (tertiary/aromatic N) is 2. The van der Waals surface area contributed by atoms with Crippen LogP contribution in [0.3, 0.4) is 0 Å². The Morgan fingerprint density at radius 1 is 1.20 bits per heavy atom. The Morgan fingerprint density at radius 2 is 1.60 bits per heavy atom. The first-order valence-electron chi connectivity index (χ1n) is 3.37. The Morgan fingerprint density at radius 3 is 1.70 bits per heavy atom. The number of hydroxylamine groups is 2. The highest BCUT2D eigenvalue weighted by molar-refractivity contribution is 4.56. The van der Waals surface area contributed by atoms with Gasteiger partial charge in [-0.25, -0.2) is 0 Å². The molecule has 0 fully saturated rings. The van der Waals surface area contributed by atoms with E-state index in [1.165, 1.54) is 5.06 Å². The van der Waals surface area contributed by atoms with Crippen molar-refractivity contribution in [1.82, 2.24) is 5.06 Å². The molecule has 0 aromatic carbocycles. The highest BCUT2D eigenvalue weighted by atomic mass is 16.9. The van der Waals surface area contributed by atoms with E-state index in [1.807, 2.05) is 27.7 Å². The molecule has 0 heterocycles. The molecule has 0 saturated carbocycles. The lowest BCUT2D eigenvalue weighted by Crippen LogP contribution is -2.35. The quantitative estimate of drug-likeness (QED) is 0.448. The predicted molar refractivity (Wildman–Crippen MR) is 39.0 cm³/mol. The van der Waals surface area contributed by atoms with Crippen molar-refractivity contribution in [3.05, 3.63) is 4.91 Å². The molecule has 0 spiro atoms. The number of hydrogen-bond acceptors (Lipinski definition) is 4. The summed E-state index contributed by atoms with van der Waals surface area (Å²) < 4.78 is 0. The fourth-order valence-electron chi connectivity index (χ4n) is 0.823. The Labute approximate surface area is 61.0 Å². The van der Waals surface area contributed by atoms with Crippen LogP contribution in [0.15, 0.2) is 5.34 Å². The van der Waals surface area contributed by atoms with Crippen LogP contribution in [0.5, 0.6) is 0 Å². The first-order valence-corrected chi connectivity index (χ1v) is 3.37. The van der Waals surface area contributed by atoms with Crippen molar-refractivity contribution in [2.24, 2.45) is 5.34 Å². The van der Waals surface area contributed by atoms with E-state index in [9.17, 15) is 4.91 Å². The zero-order valence-corrected chi connectivity index (χ0v) is 6.87. The Kier molecular flexibility index (Phi) is 3.95. The van der Waals surface area contributed by atoms with E-state index >= 15 is 0 Å². The van der Waals surface area contributed by atoms with Crippen LogP contribution in [0.4, 0.5) is 0 Å². The van der Waals surface area contributed by atoms with E-state index in [2.05, 4.69) is 10.3 Å². The van der Waals surface area contributed by atoms with Gasteiger partial charge in [-0.15, -0.1) is 9.97 Å². The van der Waals surface area contributed by atoms with Crippen molar-refractivity contribution in [2.45, 2.75) is 39.8 Å².